The van der Waals surface area contributed by atoms with Gasteiger partial charge in [-0.3, -0.25) is 4.79 Å². The van der Waals surface area contributed by atoms with Crippen LogP contribution < -0.4 is 9.64 Å². The fourth-order valence-electron chi connectivity index (χ4n) is 4.09. The van der Waals surface area contributed by atoms with Crippen LogP contribution in [0.2, 0.25) is 0 Å². The van der Waals surface area contributed by atoms with Gasteiger partial charge in [-0.25, -0.2) is 9.97 Å². The molecule has 1 aliphatic heterocycles. The Morgan fingerprint density at radius 1 is 1.07 bits per heavy atom. The van der Waals surface area contributed by atoms with Crippen molar-refractivity contribution >= 4 is 33.1 Å². The Balaban J connectivity index is 1.34. The number of hydrogen-bond donors (Lipinski definition) is 0. The molecule has 1 amide bonds. The molecule has 0 spiro atoms. The van der Waals surface area contributed by atoms with E-state index in [0.717, 1.165) is 60.7 Å². The monoisotopic (exact) mass is 394 g/mol. The van der Waals surface area contributed by atoms with E-state index in [0.29, 0.717) is 5.88 Å². The Bertz CT molecular complexity index is 1020. The summed E-state index contributed by atoms with van der Waals surface area (Å²) < 4.78 is 6.15. The van der Waals surface area contributed by atoms with Crippen molar-refractivity contribution in [1.29, 1.82) is 0 Å². The fourth-order valence-corrected chi connectivity index (χ4v) is 5.31. The molecule has 0 atom stereocenters. The zero-order valence-corrected chi connectivity index (χ0v) is 16.7. The van der Waals surface area contributed by atoms with Gasteiger partial charge in [0.25, 0.3) is 0 Å². The summed E-state index contributed by atoms with van der Waals surface area (Å²) in [6.07, 6.45) is 5.02. The molecule has 0 saturated carbocycles. The van der Waals surface area contributed by atoms with Gasteiger partial charge in [0.1, 0.15) is 16.9 Å². The number of amides is 1. The van der Waals surface area contributed by atoms with Gasteiger partial charge < -0.3 is 14.5 Å². The summed E-state index contributed by atoms with van der Waals surface area (Å²) in [6.45, 7) is 4.89. The molecule has 3 heterocycles. The molecular formula is C21H22N4O2S. The maximum absolute atomic E-state index is 11.5. The summed E-state index contributed by atoms with van der Waals surface area (Å²) in [5.41, 5.74) is 2.52. The quantitative estimate of drug-likeness (QED) is 0.679. The normalized spacial score (nSPS) is 16.5. The molecule has 3 aromatic rings. The molecule has 144 valence electrons. The summed E-state index contributed by atoms with van der Waals surface area (Å²) in [6, 6.07) is 8.14. The molecule has 1 aliphatic carbocycles. The van der Waals surface area contributed by atoms with Crippen LogP contribution in [-0.4, -0.2) is 47.0 Å². The topological polar surface area (TPSA) is 58.6 Å². The second-order valence-corrected chi connectivity index (χ2v) is 8.39. The van der Waals surface area contributed by atoms with Crippen LogP contribution in [0.1, 0.15) is 23.8 Å². The van der Waals surface area contributed by atoms with Crippen molar-refractivity contribution in [3.8, 4) is 11.6 Å². The van der Waals surface area contributed by atoms with Crippen LogP contribution in [0.15, 0.2) is 30.6 Å². The van der Waals surface area contributed by atoms with E-state index < -0.39 is 0 Å². The van der Waals surface area contributed by atoms with Crippen molar-refractivity contribution in [3.63, 3.8) is 0 Å². The Kier molecular flexibility index (Phi) is 4.39. The van der Waals surface area contributed by atoms with Gasteiger partial charge in [-0.15, -0.1) is 11.3 Å². The van der Waals surface area contributed by atoms with E-state index >= 15 is 0 Å². The summed E-state index contributed by atoms with van der Waals surface area (Å²) in [5, 5.41) is 1.09. The average Bonchev–Trinajstić information content (AvgIpc) is 3.30. The van der Waals surface area contributed by atoms with Crippen molar-refractivity contribution in [2.75, 3.05) is 31.1 Å². The Morgan fingerprint density at radius 2 is 1.86 bits per heavy atom. The van der Waals surface area contributed by atoms with Crippen molar-refractivity contribution in [2.45, 2.75) is 26.2 Å². The first-order valence-corrected chi connectivity index (χ1v) is 10.5. The lowest BCUT2D eigenvalue weighted by atomic mass is 10.2. The zero-order valence-electron chi connectivity index (χ0n) is 15.9. The average molecular weight is 395 g/mol. The molecule has 2 aliphatic rings. The standard InChI is InChI=1S/C21H22N4O2S/c1-14(26)24-9-11-25(12-10-24)15-5-7-16(8-6-15)27-20-19-17-3-2-4-18(17)28-21(19)23-13-22-20/h5-8,13H,2-4,9-12H2,1H3. The smallest absolute Gasteiger partial charge is 0.231 e. The van der Waals surface area contributed by atoms with Gasteiger partial charge in [0.15, 0.2) is 0 Å². The highest BCUT2D eigenvalue weighted by atomic mass is 32.1. The molecule has 0 N–H and O–H groups in total. The fraction of sp³-hybridized carbons (Fsp3) is 0.381. The summed E-state index contributed by atoms with van der Waals surface area (Å²) in [4.78, 5) is 27.0. The number of fused-ring (bicyclic) bond motifs is 3. The first kappa shape index (κ1) is 17.4. The maximum atomic E-state index is 11.5. The molecule has 7 heteroatoms. The number of hydrogen-bond acceptors (Lipinski definition) is 6. The number of aryl methyl sites for hydroxylation is 2. The Morgan fingerprint density at radius 3 is 2.61 bits per heavy atom. The molecule has 1 saturated heterocycles. The number of thiophene rings is 1. The van der Waals surface area contributed by atoms with Gasteiger partial charge in [0.2, 0.25) is 11.8 Å². The van der Waals surface area contributed by atoms with Crippen molar-refractivity contribution in [1.82, 2.24) is 14.9 Å². The van der Waals surface area contributed by atoms with Gasteiger partial charge in [-0.1, -0.05) is 0 Å². The lowest BCUT2D eigenvalue weighted by Gasteiger charge is -2.35. The minimum absolute atomic E-state index is 0.152. The van der Waals surface area contributed by atoms with E-state index in [1.165, 1.54) is 16.9 Å². The zero-order chi connectivity index (χ0) is 19.1. The van der Waals surface area contributed by atoms with Crippen molar-refractivity contribution in [3.05, 3.63) is 41.0 Å². The molecular weight excluding hydrogens is 372 g/mol. The van der Waals surface area contributed by atoms with E-state index in [1.807, 2.05) is 17.0 Å². The van der Waals surface area contributed by atoms with Gasteiger partial charge in [-0.2, -0.15) is 0 Å². The lowest BCUT2D eigenvalue weighted by Crippen LogP contribution is -2.48. The molecule has 0 unspecified atom stereocenters. The number of anilines is 1. The number of piperazine rings is 1. The van der Waals surface area contributed by atoms with E-state index in [9.17, 15) is 4.79 Å². The third-order valence-corrected chi connectivity index (χ3v) is 6.81. The highest BCUT2D eigenvalue weighted by Gasteiger charge is 2.22. The maximum Gasteiger partial charge on any atom is 0.231 e. The van der Waals surface area contributed by atoms with Crippen LogP contribution in [0.4, 0.5) is 5.69 Å². The van der Waals surface area contributed by atoms with Crippen LogP contribution in [0.5, 0.6) is 11.6 Å². The third kappa shape index (κ3) is 3.09. The molecule has 0 bridgehead atoms. The number of rotatable bonds is 3. The first-order valence-electron chi connectivity index (χ1n) is 9.72. The van der Waals surface area contributed by atoms with E-state index in [1.54, 1.807) is 24.6 Å². The Hall–Kier alpha value is -2.67. The van der Waals surface area contributed by atoms with E-state index in [-0.39, 0.29) is 5.91 Å². The molecule has 6 nitrogen and oxygen atoms in total. The molecule has 0 radical (unpaired) electrons. The highest BCUT2D eigenvalue weighted by Crippen LogP contribution is 2.41. The molecule has 2 aromatic heterocycles. The minimum atomic E-state index is 0.152. The molecule has 5 rings (SSSR count). The first-order chi connectivity index (χ1) is 13.7. The molecule has 28 heavy (non-hydrogen) atoms. The minimum Gasteiger partial charge on any atom is -0.438 e. The molecule has 1 aromatic carbocycles. The lowest BCUT2D eigenvalue weighted by molar-refractivity contribution is -0.129. The van der Waals surface area contributed by atoms with Crippen LogP contribution >= 0.6 is 11.3 Å². The van der Waals surface area contributed by atoms with Gasteiger partial charge in [0.05, 0.1) is 5.39 Å². The summed E-state index contributed by atoms with van der Waals surface area (Å²) >= 11 is 1.77. The van der Waals surface area contributed by atoms with Crippen molar-refractivity contribution < 1.29 is 9.53 Å². The third-order valence-electron chi connectivity index (χ3n) is 5.61. The van der Waals surface area contributed by atoms with Gasteiger partial charge in [-0.05, 0) is 49.1 Å². The SMILES string of the molecule is CC(=O)N1CCN(c2ccc(Oc3ncnc4sc5c(c34)CCC5)cc2)CC1. The van der Waals surface area contributed by atoms with E-state index in [2.05, 4.69) is 27.0 Å². The number of aromatic nitrogens is 2. The summed E-state index contributed by atoms with van der Waals surface area (Å²) in [5.74, 6) is 1.59. The Labute approximate surface area is 167 Å². The van der Waals surface area contributed by atoms with E-state index in [4.69, 9.17) is 4.74 Å². The highest BCUT2D eigenvalue weighted by molar-refractivity contribution is 7.18. The number of ether oxygens (including phenoxy) is 1. The largest absolute Gasteiger partial charge is 0.438 e. The molecule has 1 fully saturated rings. The van der Waals surface area contributed by atoms with Crippen LogP contribution in [0, 0.1) is 0 Å². The number of carbonyl (C=O) groups excluding carboxylic acids is 1. The predicted octanol–water partition coefficient (Wildman–Crippen LogP) is 3.64. The van der Waals surface area contributed by atoms with Gasteiger partial charge >= 0.3 is 0 Å². The predicted molar refractivity (Wildman–Crippen MR) is 110 cm³/mol. The van der Waals surface area contributed by atoms with Crippen LogP contribution in [0.25, 0.3) is 10.2 Å². The number of carbonyl (C=O) groups is 1. The van der Waals surface area contributed by atoms with Crippen molar-refractivity contribution in [2.24, 2.45) is 0 Å². The number of benzene rings is 1. The summed E-state index contributed by atoms with van der Waals surface area (Å²) in [7, 11) is 0. The van der Waals surface area contributed by atoms with Crippen LogP contribution in [-0.2, 0) is 17.6 Å². The second kappa shape index (κ2) is 7.05. The van der Waals surface area contributed by atoms with Crippen LogP contribution in [0.3, 0.4) is 0 Å². The number of nitrogens with zero attached hydrogens (tertiary/aromatic N) is 4. The van der Waals surface area contributed by atoms with Gasteiger partial charge in [0, 0.05) is 43.7 Å². The second-order valence-electron chi connectivity index (χ2n) is 7.31.